The third-order valence-electron chi connectivity index (χ3n) is 3.91. The molecule has 0 bridgehead atoms. The molecule has 0 radical (unpaired) electrons. The van der Waals surface area contributed by atoms with Crippen LogP contribution in [0.15, 0.2) is 108 Å². The van der Waals surface area contributed by atoms with Crippen molar-refractivity contribution in [1.29, 1.82) is 0 Å². The Balaban J connectivity index is 1.51. The van der Waals surface area contributed by atoms with Crippen molar-refractivity contribution in [3.8, 4) is 0 Å². The number of hydrogen-bond acceptors (Lipinski definition) is 4. The number of rotatable bonds is 3. The lowest BCUT2D eigenvalue weighted by molar-refractivity contribution is 0.915. The summed E-state index contributed by atoms with van der Waals surface area (Å²) in [6.07, 6.45) is 19.8. The second-order valence-electron chi connectivity index (χ2n) is 5.84. The van der Waals surface area contributed by atoms with Crippen molar-refractivity contribution in [2.24, 2.45) is 0 Å². The van der Waals surface area contributed by atoms with Gasteiger partial charge in [-0.3, -0.25) is 9.97 Å². The van der Waals surface area contributed by atoms with E-state index in [0.717, 1.165) is 34.2 Å². The molecule has 0 amide bonds. The number of dihydropyridines is 2. The van der Waals surface area contributed by atoms with Gasteiger partial charge in [-0.05, 0) is 60.7 Å². The number of hydrogen-bond donors (Lipinski definition) is 2. The first-order chi connectivity index (χ1) is 12.9. The fourth-order valence-corrected chi connectivity index (χ4v) is 2.70. The first kappa shape index (κ1) is 15.8. The first-order valence-corrected chi connectivity index (χ1v) is 8.43. The summed E-state index contributed by atoms with van der Waals surface area (Å²) in [6, 6.07) is 11.7. The van der Waals surface area contributed by atoms with Gasteiger partial charge in [0.2, 0.25) is 0 Å². The Morgan fingerprint density at radius 1 is 0.654 bits per heavy atom. The van der Waals surface area contributed by atoms with E-state index in [-0.39, 0.29) is 0 Å². The van der Waals surface area contributed by atoms with E-state index in [9.17, 15) is 0 Å². The minimum Gasteiger partial charge on any atom is -0.354 e. The monoisotopic (exact) mass is 338 g/mol. The van der Waals surface area contributed by atoms with Crippen LogP contribution < -0.4 is 10.6 Å². The molecule has 2 aliphatic heterocycles. The highest BCUT2D eigenvalue weighted by Gasteiger charge is 2.11. The number of nitrogens with one attached hydrogen (secondary N) is 2. The molecule has 0 saturated heterocycles. The molecule has 0 saturated carbocycles. The summed E-state index contributed by atoms with van der Waals surface area (Å²) in [4.78, 5) is 8.68. The largest absolute Gasteiger partial charge is 0.354 e. The Morgan fingerprint density at radius 2 is 1.15 bits per heavy atom. The Labute approximate surface area is 152 Å². The summed E-state index contributed by atoms with van der Waals surface area (Å²) in [5.41, 5.74) is 5.84. The molecular weight excluding hydrogens is 320 g/mol. The zero-order valence-electron chi connectivity index (χ0n) is 14.1. The predicted molar refractivity (Wildman–Crippen MR) is 105 cm³/mol. The maximum Gasteiger partial charge on any atom is 0.0650 e. The van der Waals surface area contributed by atoms with Gasteiger partial charge in [-0.1, -0.05) is 24.3 Å². The molecule has 0 atom stereocenters. The topological polar surface area (TPSA) is 49.8 Å². The Kier molecular flexibility index (Phi) is 4.56. The van der Waals surface area contributed by atoms with Gasteiger partial charge in [0.05, 0.1) is 22.8 Å². The standard InChI is InChI=1S/C22H18N4/c1-3-13-23-17(7-1)15-19-9-5-11-21(25-19)22-12-6-10-20(26-22)16-18-8-2-4-14-24-18/h1-16,25-26H. The Hall–Kier alpha value is -3.66. The van der Waals surface area contributed by atoms with Gasteiger partial charge in [0.25, 0.3) is 0 Å². The van der Waals surface area contributed by atoms with Crippen molar-refractivity contribution in [2.45, 2.75) is 0 Å². The molecule has 2 aromatic rings. The van der Waals surface area contributed by atoms with E-state index in [1.807, 2.05) is 85.0 Å². The van der Waals surface area contributed by atoms with Gasteiger partial charge in [0, 0.05) is 23.8 Å². The molecule has 0 unspecified atom stereocenters. The summed E-state index contributed by atoms with van der Waals surface area (Å²) in [6.45, 7) is 0. The van der Waals surface area contributed by atoms with E-state index in [0.29, 0.717) is 0 Å². The molecule has 26 heavy (non-hydrogen) atoms. The molecule has 0 aromatic carbocycles. The van der Waals surface area contributed by atoms with Crippen LogP contribution in [0.1, 0.15) is 11.4 Å². The first-order valence-electron chi connectivity index (χ1n) is 8.43. The van der Waals surface area contributed by atoms with Gasteiger partial charge >= 0.3 is 0 Å². The lowest BCUT2D eigenvalue weighted by atomic mass is 10.1. The Bertz CT molecular complexity index is 880. The normalized spacial score (nSPS) is 18.9. The van der Waals surface area contributed by atoms with E-state index in [1.54, 1.807) is 12.4 Å². The number of pyridine rings is 2. The van der Waals surface area contributed by atoms with Crippen LogP contribution in [0.3, 0.4) is 0 Å². The van der Waals surface area contributed by atoms with Gasteiger partial charge in [-0.15, -0.1) is 0 Å². The zero-order valence-corrected chi connectivity index (χ0v) is 14.1. The molecule has 4 nitrogen and oxygen atoms in total. The van der Waals surface area contributed by atoms with E-state index >= 15 is 0 Å². The van der Waals surface area contributed by atoms with E-state index < -0.39 is 0 Å². The molecule has 0 fully saturated rings. The van der Waals surface area contributed by atoms with Crippen LogP contribution in [-0.2, 0) is 0 Å². The molecule has 4 heterocycles. The van der Waals surface area contributed by atoms with Gasteiger partial charge in [-0.25, -0.2) is 0 Å². The maximum atomic E-state index is 4.34. The molecule has 4 rings (SSSR count). The number of aromatic nitrogens is 2. The fourth-order valence-electron chi connectivity index (χ4n) is 2.70. The van der Waals surface area contributed by atoms with Crippen molar-refractivity contribution >= 4 is 12.2 Å². The molecule has 2 aromatic heterocycles. The second kappa shape index (κ2) is 7.49. The molecule has 2 N–H and O–H groups in total. The number of nitrogens with zero attached hydrogens (tertiary/aromatic N) is 2. The molecule has 0 spiro atoms. The van der Waals surface area contributed by atoms with Gasteiger partial charge in [0.1, 0.15) is 0 Å². The Morgan fingerprint density at radius 3 is 1.58 bits per heavy atom. The quantitative estimate of drug-likeness (QED) is 0.890. The minimum absolute atomic E-state index is 0.919. The van der Waals surface area contributed by atoms with Gasteiger partial charge in [0.15, 0.2) is 0 Å². The predicted octanol–water partition coefficient (Wildman–Crippen LogP) is 3.95. The van der Waals surface area contributed by atoms with Gasteiger partial charge < -0.3 is 10.6 Å². The number of allylic oxidation sites excluding steroid dienone is 6. The van der Waals surface area contributed by atoms with E-state index in [2.05, 4.69) is 20.6 Å². The van der Waals surface area contributed by atoms with Crippen LogP contribution in [0.2, 0.25) is 0 Å². The fraction of sp³-hybridized carbons (Fsp3) is 0. The van der Waals surface area contributed by atoms with Crippen molar-refractivity contribution in [2.75, 3.05) is 0 Å². The van der Waals surface area contributed by atoms with E-state index in [4.69, 9.17) is 0 Å². The molecule has 126 valence electrons. The van der Waals surface area contributed by atoms with Crippen molar-refractivity contribution in [1.82, 2.24) is 20.6 Å². The summed E-state index contributed by atoms with van der Waals surface area (Å²) < 4.78 is 0. The van der Waals surface area contributed by atoms with Crippen LogP contribution in [0.4, 0.5) is 0 Å². The highest BCUT2D eigenvalue weighted by molar-refractivity contribution is 5.59. The van der Waals surface area contributed by atoms with Gasteiger partial charge in [-0.2, -0.15) is 0 Å². The lowest BCUT2D eigenvalue weighted by Crippen LogP contribution is -2.24. The highest BCUT2D eigenvalue weighted by Crippen LogP contribution is 2.18. The zero-order chi connectivity index (χ0) is 17.6. The van der Waals surface area contributed by atoms with Crippen LogP contribution in [-0.4, -0.2) is 9.97 Å². The van der Waals surface area contributed by atoms with Crippen molar-refractivity contribution in [3.05, 3.63) is 119 Å². The highest BCUT2D eigenvalue weighted by atomic mass is 15.0. The molecule has 2 aliphatic rings. The molecule has 4 heteroatoms. The molecule has 0 aliphatic carbocycles. The second-order valence-corrected chi connectivity index (χ2v) is 5.84. The molecular formula is C22H18N4. The van der Waals surface area contributed by atoms with Crippen LogP contribution >= 0.6 is 0 Å². The SMILES string of the molecule is C1=CC(=Cc2ccccn2)NC(C2=CC=CC(=Cc3ccccn3)N2)=C1. The van der Waals surface area contributed by atoms with Crippen LogP contribution in [0.5, 0.6) is 0 Å². The van der Waals surface area contributed by atoms with E-state index in [1.165, 1.54) is 0 Å². The average molecular weight is 338 g/mol. The smallest absolute Gasteiger partial charge is 0.0650 e. The summed E-state index contributed by atoms with van der Waals surface area (Å²) in [5.74, 6) is 0. The third kappa shape index (κ3) is 3.87. The summed E-state index contributed by atoms with van der Waals surface area (Å²) in [7, 11) is 0. The summed E-state index contributed by atoms with van der Waals surface area (Å²) in [5, 5.41) is 6.89. The average Bonchev–Trinajstić information content (AvgIpc) is 2.70. The minimum atomic E-state index is 0.919. The van der Waals surface area contributed by atoms with Crippen molar-refractivity contribution in [3.63, 3.8) is 0 Å². The maximum absolute atomic E-state index is 4.34. The van der Waals surface area contributed by atoms with Crippen LogP contribution in [0, 0.1) is 0 Å². The lowest BCUT2D eigenvalue weighted by Gasteiger charge is -2.21. The van der Waals surface area contributed by atoms with Crippen molar-refractivity contribution < 1.29 is 0 Å². The third-order valence-corrected chi connectivity index (χ3v) is 3.91. The summed E-state index contributed by atoms with van der Waals surface area (Å²) >= 11 is 0. The van der Waals surface area contributed by atoms with Crippen LogP contribution in [0.25, 0.3) is 12.2 Å².